The molecule has 0 spiro atoms. The van der Waals surface area contributed by atoms with E-state index in [1.54, 1.807) is 46.5 Å². The Morgan fingerprint density at radius 3 is 2.50 bits per heavy atom. The molecule has 0 fully saturated rings. The molecule has 0 aromatic heterocycles. The van der Waals surface area contributed by atoms with Crippen molar-refractivity contribution < 1.29 is 14.3 Å². The van der Waals surface area contributed by atoms with Gasteiger partial charge in [0.05, 0.1) is 14.2 Å². The highest BCUT2D eigenvalue weighted by Crippen LogP contribution is 2.29. The molecule has 0 saturated heterocycles. The zero-order chi connectivity index (χ0) is 17.2. The van der Waals surface area contributed by atoms with Crippen LogP contribution in [0.25, 0.3) is 0 Å². The van der Waals surface area contributed by atoms with E-state index in [4.69, 9.17) is 9.47 Å². The molecule has 0 radical (unpaired) electrons. The van der Waals surface area contributed by atoms with Gasteiger partial charge in [0.1, 0.15) is 6.54 Å². The highest BCUT2D eigenvalue weighted by Gasteiger charge is 2.07. The monoisotopic (exact) mass is 448 g/mol. The number of ether oxygens (including phenoxy) is 2. The van der Waals surface area contributed by atoms with E-state index >= 15 is 0 Å². The quantitative estimate of drug-likeness (QED) is 0.289. The van der Waals surface area contributed by atoms with Gasteiger partial charge < -0.3 is 25.0 Å². The van der Waals surface area contributed by atoms with E-state index in [9.17, 15) is 4.79 Å². The van der Waals surface area contributed by atoms with E-state index in [0.717, 1.165) is 5.69 Å². The van der Waals surface area contributed by atoms with Gasteiger partial charge in [-0.15, -0.1) is 30.6 Å². The van der Waals surface area contributed by atoms with Crippen LogP contribution in [0.5, 0.6) is 11.5 Å². The second kappa shape index (κ2) is 11.5. The van der Waals surface area contributed by atoms with Crippen LogP contribution in [-0.2, 0) is 4.79 Å². The lowest BCUT2D eigenvalue weighted by atomic mass is 10.3. The summed E-state index contributed by atoms with van der Waals surface area (Å²) in [6.45, 7) is 4.23. The maximum absolute atomic E-state index is 11.7. The van der Waals surface area contributed by atoms with Crippen molar-refractivity contribution in [2.24, 2.45) is 4.99 Å². The molecule has 0 bridgehead atoms. The number of nitrogens with zero attached hydrogens (tertiary/aromatic N) is 2. The Bertz CT molecular complexity index is 576. The van der Waals surface area contributed by atoms with Gasteiger partial charge >= 0.3 is 0 Å². The molecule has 0 aliphatic carbocycles. The van der Waals surface area contributed by atoms with Crippen molar-refractivity contribution >= 4 is 41.5 Å². The number of aliphatic imine (C=N–C) groups is 1. The zero-order valence-corrected chi connectivity index (χ0v) is 16.8. The number of hydrogen-bond donors (Lipinski definition) is 2. The number of guanidine groups is 1. The van der Waals surface area contributed by atoms with Crippen molar-refractivity contribution in [3.8, 4) is 11.5 Å². The van der Waals surface area contributed by atoms with E-state index in [2.05, 4.69) is 22.2 Å². The molecule has 2 N–H and O–H groups in total. The van der Waals surface area contributed by atoms with Crippen LogP contribution in [0.1, 0.15) is 0 Å². The smallest absolute Gasteiger partial charge is 0.243 e. The molecule has 24 heavy (non-hydrogen) atoms. The summed E-state index contributed by atoms with van der Waals surface area (Å²) in [5.74, 6) is 1.63. The number of carbonyl (C=O) groups excluding carboxylic acids is 1. The molecule has 134 valence electrons. The lowest BCUT2D eigenvalue weighted by Gasteiger charge is -2.14. The average Bonchev–Trinajstić information content (AvgIpc) is 2.56. The molecule has 7 nitrogen and oxygen atoms in total. The van der Waals surface area contributed by atoms with Gasteiger partial charge in [-0.3, -0.25) is 4.79 Å². The van der Waals surface area contributed by atoms with Gasteiger partial charge in [-0.25, -0.2) is 4.99 Å². The van der Waals surface area contributed by atoms with Gasteiger partial charge in [0.25, 0.3) is 0 Å². The van der Waals surface area contributed by atoms with Crippen LogP contribution in [0.3, 0.4) is 0 Å². The predicted molar refractivity (Wildman–Crippen MR) is 108 cm³/mol. The maximum atomic E-state index is 11.7. The van der Waals surface area contributed by atoms with Gasteiger partial charge in [0.15, 0.2) is 17.5 Å². The fourth-order valence-corrected chi connectivity index (χ4v) is 1.65. The summed E-state index contributed by atoms with van der Waals surface area (Å²) in [6.07, 6.45) is 1.71. The first-order chi connectivity index (χ1) is 11.0. The van der Waals surface area contributed by atoms with E-state index < -0.39 is 0 Å². The average molecular weight is 448 g/mol. The molecule has 1 aromatic carbocycles. The number of carbonyl (C=O) groups is 1. The van der Waals surface area contributed by atoms with E-state index in [-0.39, 0.29) is 36.4 Å². The summed E-state index contributed by atoms with van der Waals surface area (Å²) < 4.78 is 10.5. The third-order valence-corrected chi connectivity index (χ3v) is 2.93. The normalized spacial score (nSPS) is 10.2. The van der Waals surface area contributed by atoms with Gasteiger partial charge in [0.2, 0.25) is 5.91 Å². The Balaban J connectivity index is 0.00000529. The van der Waals surface area contributed by atoms with Crippen molar-refractivity contribution in [2.75, 3.05) is 46.7 Å². The number of amides is 1. The van der Waals surface area contributed by atoms with Crippen LogP contribution in [0, 0.1) is 0 Å². The Morgan fingerprint density at radius 2 is 1.96 bits per heavy atom. The fraction of sp³-hybridized carbons (Fsp3) is 0.375. The maximum Gasteiger partial charge on any atom is 0.243 e. The van der Waals surface area contributed by atoms with Crippen LogP contribution < -0.4 is 20.1 Å². The largest absolute Gasteiger partial charge is 0.493 e. The van der Waals surface area contributed by atoms with Crippen molar-refractivity contribution in [2.45, 2.75) is 0 Å². The van der Waals surface area contributed by atoms with E-state index in [0.29, 0.717) is 24.0 Å². The summed E-state index contributed by atoms with van der Waals surface area (Å²) >= 11 is 0. The number of nitrogens with one attached hydrogen (secondary N) is 2. The standard InChI is InChI=1S/C16H24N4O3.HI/c1-6-9-17-16(18-11-15(21)20(2)3)19-12-7-8-13(22-4)14(10-12)23-5;/h6-8,10H,1,9,11H2,2-5H3,(H2,17,18,19);1H. The van der Waals surface area contributed by atoms with Crippen LogP contribution in [0.4, 0.5) is 5.69 Å². The summed E-state index contributed by atoms with van der Waals surface area (Å²) in [5.41, 5.74) is 0.760. The molecule has 0 aliphatic heterocycles. The minimum atomic E-state index is -0.0861. The lowest BCUT2D eigenvalue weighted by molar-refractivity contribution is -0.127. The molecule has 8 heteroatoms. The molecule has 0 heterocycles. The second-order valence-electron chi connectivity index (χ2n) is 4.82. The minimum Gasteiger partial charge on any atom is -0.493 e. The van der Waals surface area contributed by atoms with Gasteiger partial charge in [-0.2, -0.15) is 0 Å². The Kier molecular flexibility index (Phi) is 10.6. The topological polar surface area (TPSA) is 75.2 Å². The first-order valence-corrected chi connectivity index (χ1v) is 7.10. The van der Waals surface area contributed by atoms with Crippen LogP contribution in [0.2, 0.25) is 0 Å². The summed E-state index contributed by atoms with van der Waals surface area (Å²) in [4.78, 5) is 17.4. The highest BCUT2D eigenvalue weighted by molar-refractivity contribution is 14.0. The third kappa shape index (κ3) is 7.07. The lowest BCUT2D eigenvalue weighted by Crippen LogP contribution is -2.33. The summed E-state index contributed by atoms with van der Waals surface area (Å²) in [7, 11) is 6.53. The predicted octanol–water partition coefficient (Wildman–Crippen LogP) is 1.95. The number of anilines is 1. The van der Waals surface area contributed by atoms with Crippen LogP contribution in [-0.4, -0.2) is 58.2 Å². The number of rotatable bonds is 7. The first-order valence-electron chi connectivity index (χ1n) is 7.10. The second-order valence-corrected chi connectivity index (χ2v) is 4.82. The first kappa shape index (κ1) is 22.0. The highest BCUT2D eigenvalue weighted by atomic mass is 127. The minimum absolute atomic E-state index is 0. The third-order valence-electron chi connectivity index (χ3n) is 2.93. The number of hydrogen-bond acceptors (Lipinski definition) is 4. The molecular weight excluding hydrogens is 423 g/mol. The van der Waals surface area contributed by atoms with Gasteiger partial charge in [-0.05, 0) is 12.1 Å². The van der Waals surface area contributed by atoms with Crippen LogP contribution >= 0.6 is 24.0 Å². The number of halogens is 1. The number of methoxy groups -OCH3 is 2. The van der Waals surface area contributed by atoms with Gasteiger partial charge in [0, 0.05) is 32.4 Å². The zero-order valence-electron chi connectivity index (χ0n) is 14.5. The molecule has 0 unspecified atom stereocenters. The van der Waals surface area contributed by atoms with E-state index in [1.807, 2.05) is 6.07 Å². The SMILES string of the molecule is C=CCNC(=NCC(=O)N(C)C)Nc1ccc(OC)c(OC)c1.I. The van der Waals surface area contributed by atoms with E-state index in [1.165, 1.54) is 4.90 Å². The van der Waals surface area contributed by atoms with Crippen molar-refractivity contribution in [1.82, 2.24) is 10.2 Å². The summed E-state index contributed by atoms with van der Waals surface area (Å²) in [6, 6.07) is 5.41. The molecule has 0 saturated carbocycles. The number of benzene rings is 1. The molecule has 0 aliphatic rings. The Labute approximate surface area is 160 Å². The molecule has 1 rings (SSSR count). The van der Waals surface area contributed by atoms with Crippen LogP contribution in [0.15, 0.2) is 35.8 Å². The molecule has 0 atom stereocenters. The van der Waals surface area contributed by atoms with Gasteiger partial charge in [-0.1, -0.05) is 6.08 Å². The molecular formula is C16H25IN4O3. The van der Waals surface area contributed by atoms with Crippen molar-refractivity contribution in [1.29, 1.82) is 0 Å². The molecule has 1 amide bonds. The fourth-order valence-electron chi connectivity index (χ4n) is 1.65. The van der Waals surface area contributed by atoms with Crippen molar-refractivity contribution in [3.63, 3.8) is 0 Å². The summed E-state index contributed by atoms with van der Waals surface area (Å²) in [5, 5.41) is 6.18. The Hall–Kier alpha value is -1.97. The number of likely N-dealkylation sites (N-methyl/N-ethyl adjacent to an activating group) is 1. The molecule has 1 aromatic rings. The van der Waals surface area contributed by atoms with Crippen molar-refractivity contribution in [3.05, 3.63) is 30.9 Å². The Morgan fingerprint density at radius 1 is 1.29 bits per heavy atom.